The van der Waals surface area contributed by atoms with Crippen molar-refractivity contribution in [2.24, 2.45) is 0 Å². The third-order valence-electron chi connectivity index (χ3n) is 4.65. The topological polar surface area (TPSA) is 68.0 Å². The van der Waals surface area contributed by atoms with Crippen LogP contribution in [0.5, 0.6) is 0 Å². The number of pyridine rings is 1. The van der Waals surface area contributed by atoms with Crippen molar-refractivity contribution in [1.82, 2.24) is 10.3 Å². The average molecular weight is 301 g/mol. The summed E-state index contributed by atoms with van der Waals surface area (Å²) in [6.07, 6.45) is 7.94. The number of aromatic nitrogens is 1. The van der Waals surface area contributed by atoms with Crippen LogP contribution in [0.25, 0.3) is 10.2 Å². The Balaban J connectivity index is 1.72. The summed E-state index contributed by atoms with van der Waals surface area (Å²) in [5.74, 6) is -0.0295. The van der Waals surface area contributed by atoms with E-state index in [-0.39, 0.29) is 5.91 Å². The molecule has 0 spiro atoms. The summed E-state index contributed by atoms with van der Waals surface area (Å²) < 4.78 is 0. The lowest BCUT2D eigenvalue weighted by Crippen LogP contribution is -2.39. The summed E-state index contributed by atoms with van der Waals surface area (Å²) in [5.41, 5.74) is 9.33. The first kappa shape index (κ1) is 13.1. The molecule has 0 aliphatic heterocycles. The number of amides is 1. The minimum absolute atomic E-state index is 0.0295. The van der Waals surface area contributed by atoms with Crippen LogP contribution < -0.4 is 11.1 Å². The van der Waals surface area contributed by atoms with E-state index in [4.69, 9.17) is 10.7 Å². The standard InChI is InChI=1S/C16H19N3OS/c17-13-11-8-9-4-1-2-7-12(9)19-16(11)21-14(13)15(20)18-10-5-3-6-10/h8,10H,1-7,17H2,(H,18,20). The quantitative estimate of drug-likeness (QED) is 0.896. The molecule has 2 aromatic heterocycles. The molecule has 5 heteroatoms. The van der Waals surface area contributed by atoms with Gasteiger partial charge >= 0.3 is 0 Å². The average Bonchev–Trinajstić information content (AvgIpc) is 2.77. The highest BCUT2D eigenvalue weighted by molar-refractivity contribution is 7.21. The van der Waals surface area contributed by atoms with Crippen LogP contribution in [-0.4, -0.2) is 16.9 Å². The molecule has 4 nitrogen and oxygen atoms in total. The Morgan fingerprint density at radius 3 is 2.86 bits per heavy atom. The smallest absolute Gasteiger partial charge is 0.263 e. The van der Waals surface area contributed by atoms with Crippen LogP contribution in [0, 0.1) is 0 Å². The van der Waals surface area contributed by atoms with Gasteiger partial charge in [0.05, 0.1) is 5.69 Å². The number of fused-ring (bicyclic) bond motifs is 2. The SMILES string of the molecule is Nc1c(C(=O)NC2CCC2)sc2nc3c(cc12)CCCC3. The molecule has 0 saturated heterocycles. The van der Waals surface area contributed by atoms with Crippen molar-refractivity contribution in [3.63, 3.8) is 0 Å². The van der Waals surface area contributed by atoms with Gasteiger partial charge in [-0.1, -0.05) is 0 Å². The number of nitrogen functional groups attached to an aromatic ring is 1. The second kappa shape index (κ2) is 4.98. The van der Waals surface area contributed by atoms with Crippen LogP contribution in [0.2, 0.25) is 0 Å². The fraction of sp³-hybridized carbons (Fsp3) is 0.500. The molecule has 4 rings (SSSR count). The van der Waals surface area contributed by atoms with Crippen molar-refractivity contribution < 1.29 is 4.79 Å². The van der Waals surface area contributed by atoms with E-state index in [0.717, 1.165) is 35.9 Å². The van der Waals surface area contributed by atoms with E-state index in [1.807, 2.05) is 0 Å². The fourth-order valence-corrected chi connectivity index (χ4v) is 4.13. The molecule has 0 atom stereocenters. The zero-order valence-corrected chi connectivity index (χ0v) is 12.8. The third kappa shape index (κ3) is 2.20. The molecule has 0 aromatic carbocycles. The number of hydrogen-bond donors (Lipinski definition) is 2. The van der Waals surface area contributed by atoms with E-state index < -0.39 is 0 Å². The third-order valence-corrected chi connectivity index (χ3v) is 5.76. The number of anilines is 1. The van der Waals surface area contributed by atoms with Crippen molar-refractivity contribution in [2.75, 3.05) is 5.73 Å². The number of carbonyl (C=O) groups excluding carboxylic acids is 1. The van der Waals surface area contributed by atoms with Crippen LogP contribution in [0.15, 0.2) is 6.07 Å². The van der Waals surface area contributed by atoms with Gasteiger partial charge in [0.1, 0.15) is 9.71 Å². The molecule has 1 amide bonds. The first-order valence-electron chi connectivity index (χ1n) is 7.74. The van der Waals surface area contributed by atoms with E-state index in [0.29, 0.717) is 16.6 Å². The van der Waals surface area contributed by atoms with Gasteiger partial charge in [-0.05, 0) is 56.6 Å². The second-order valence-corrected chi connectivity index (χ2v) is 7.10. The summed E-state index contributed by atoms with van der Waals surface area (Å²) in [7, 11) is 0. The van der Waals surface area contributed by atoms with Gasteiger partial charge in [-0.3, -0.25) is 4.79 Å². The maximum absolute atomic E-state index is 12.4. The first-order chi connectivity index (χ1) is 10.2. The van der Waals surface area contributed by atoms with Crippen LogP contribution in [0.4, 0.5) is 5.69 Å². The highest BCUT2D eigenvalue weighted by atomic mass is 32.1. The maximum atomic E-state index is 12.4. The Bertz CT molecular complexity index is 718. The first-order valence-corrected chi connectivity index (χ1v) is 8.55. The number of thiophene rings is 1. The summed E-state index contributed by atoms with van der Waals surface area (Å²) in [6.45, 7) is 0. The lowest BCUT2D eigenvalue weighted by molar-refractivity contribution is 0.0922. The number of hydrogen-bond acceptors (Lipinski definition) is 4. The molecule has 2 aliphatic carbocycles. The predicted octanol–water partition coefficient (Wildman–Crippen LogP) is 3.04. The van der Waals surface area contributed by atoms with E-state index in [1.165, 1.54) is 41.9 Å². The highest BCUT2D eigenvalue weighted by Gasteiger charge is 2.24. The van der Waals surface area contributed by atoms with Crippen molar-refractivity contribution in [3.8, 4) is 0 Å². The number of rotatable bonds is 2. The van der Waals surface area contributed by atoms with Gasteiger partial charge < -0.3 is 11.1 Å². The number of nitrogens with zero attached hydrogens (tertiary/aromatic N) is 1. The number of nitrogens with one attached hydrogen (secondary N) is 1. The van der Waals surface area contributed by atoms with Gasteiger partial charge in [-0.15, -0.1) is 11.3 Å². The Labute approximate surface area is 127 Å². The van der Waals surface area contributed by atoms with Crippen LogP contribution in [-0.2, 0) is 12.8 Å². The summed E-state index contributed by atoms with van der Waals surface area (Å²) in [4.78, 5) is 18.6. The molecule has 2 aromatic rings. The Morgan fingerprint density at radius 2 is 2.10 bits per heavy atom. The van der Waals surface area contributed by atoms with Crippen molar-refractivity contribution in [1.29, 1.82) is 0 Å². The summed E-state index contributed by atoms with van der Waals surface area (Å²) >= 11 is 1.43. The van der Waals surface area contributed by atoms with Crippen LogP contribution in [0.1, 0.15) is 53.0 Å². The Hall–Kier alpha value is -1.62. The Morgan fingerprint density at radius 1 is 1.29 bits per heavy atom. The normalized spacial score (nSPS) is 18.3. The van der Waals surface area contributed by atoms with Crippen molar-refractivity contribution >= 4 is 33.1 Å². The molecule has 110 valence electrons. The van der Waals surface area contributed by atoms with Crippen LogP contribution >= 0.6 is 11.3 Å². The molecular formula is C16H19N3OS. The fourth-order valence-electron chi connectivity index (χ4n) is 3.13. The van der Waals surface area contributed by atoms with Gasteiger partial charge in [0.15, 0.2) is 0 Å². The molecule has 2 aliphatic rings. The van der Waals surface area contributed by atoms with Crippen molar-refractivity contribution in [2.45, 2.75) is 51.0 Å². The lowest BCUT2D eigenvalue weighted by atomic mass is 9.93. The van der Waals surface area contributed by atoms with Crippen LogP contribution in [0.3, 0.4) is 0 Å². The zero-order valence-electron chi connectivity index (χ0n) is 11.9. The van der Waals surface area contributed by atoms with E-state index in [1.54, 1.807) is 0 Å². The number of carbonyl (C=O) groups is 1. The molecule has 21 heavy (non-hydrogen) atoms. The molecular weight excluding hydrogens is 282 g/mol. The minimum atomic E-state index is -0.0295. The molecule has 3 N–H and O–H groups in total. The molecule has 0 bridgehead atoms. The van der Waals surface area contributed by atoms with E-state index in [9.17, 15) is 4.79 Å². The predicted molar refractivity (Wildman–Crippen MR) is 85.8 cm³/mol. The van der Waals surface area contributed by atoms with Gasteiger partial charge in [0, 0.05) is 17.1 Å². The summed E-state index contributed by atoms with van der Waals surface area (Å²) in [6, 6.07) is 2.49. The van der Waals surface area contributed by atoms with E-state index in [2.05, 4.69) is 11.4 Å². The molecule has 2 heterocycles. The van der Waals surface area contributed by atoms with Gasteiger partial charge in [0.2, 0.25) is 0 Å². The zero-order chi connectivity index (χ0) is 14.4. The summed E-state index contributed by atoms with van der Waals surface area (Å²) in [5, 5.41) is 4.03. The Kier molecular flexibility index (Phi) is 3.10. The molecule has 1 fully saturated rings. The second-order valence-electron chi connectivity index (χ2n) is 6.10. The largest absolute Gasteiger partial charge is 0.397 e. The highest BCUT2D eigenvalue weighted by Crippen LogP contribution is 2.35. The van der Waals surface area contributed by atoms with Crippen molar-refractivity contribution in [3.05, 3.63) is 22.2 Å². The minimum Gasteiger partial charge on any atom is -0.397 e. The monoisotopic (exact) mass is 301 g/mol. The van der Waals surface area contributed by atoms with E-state index >= 15 is 0 Å². The lowest BCUT2D eigenvalue weighted by Gasteiger charge is -2.26. The van der Waals surface area contributed by atoms with Gasteiger partial charge in [-0.25, -0.2) is 4.98 Å². The van der Waals surface area contributed by atoms with Gasteiger partial charge in [-0.2, -0.15) is 0 Å². The van der Waals surface area contributed by atoms with Gasteiger partial charge in [0.25, 0.3) is 5.91 Å². The number of aryl methyl sites for hydroxylation is 2. The molecule has 1 saturated carbocycles. The molecule has 0 unspecified atom stereocenters. The maximum Gasteiger partial charge on any atom is 0.263 e. The number of nitrogens with two attached hydrogens (primary N) is 1. The molecule has 0 radical (unpaired) electrons.